The average Bonchev–Trinajstić information content (AvgIpc) is 3.41. The Kier molecular flexibility index (Phi) is 6.72. The fourth-order valence-corrected chi connectivity index (χ4v) is 5.07. The Labute approximate surface area is 181 Å². The summed E-state index contributed by atoms with van der Waals surface area (Å²) in [5.41, 5.74) is 1.40. The van der Waals surface area contributed by atoms with Crippen LogP contribution in [0.3, 0.4) is 0 Å². The third-order valence-corrected chi connectivity index (χ3v) is 6.91. The van der Waals surface area contributed by atoms with Gasteiger partial charge in [-0.25, -0.2) is 4.98 Å². The summed E-state index contributed by atoms with van der Waals surface area (Å²) >= 11 is 0. The van der Waals surface area contributed by atoms with Crippen molar-refractivity contribution in [3.8, 4) is 0 Å². The maximum Gasteiger partial charge on any atom is 0.193 e. The van der Waals surface area contributed by atoms with Crippen LogP contribution in [-0.4, -0.2) is 64.6 Å². The average molecular weight is 409 g/mol. The van der Waals surface area contributed by atoms with Crippen molar-refractivity contribution in [3.05, 3.63) is 54.6 Å². The van der Waals surface area contributed by atoms with Gasteiger partial charge in [-0.15, -0.1) is 0 Å². The van der Waals surface area contributed by atoms with Crippen molar-refractivity contribution in [1.29, 1.82) is 0 Å². The first-order valence-electron chi connectivity index (χ1n) is 11.3. The number of likely N-dealkylation sites (tertiary alicyclic amines) is 2. The van der Waals surface area contributed by atoms with Crippen molar-refractivity contribution in [3.63, 3.8) is 0 Å². The Morgan fingerprint density at radius 2 is 2.03 bits per heavy atom. The molecule has 2 aliphatic rings. The molecule has 30 heavy (non-hydrogen) atoms. The molecule has 6 heteroatoms. The lowest BCUT2D eigenvalue weighted by molar-refractivity contribution is 0.188. The van der Waals surface area contributed by atoms with Crippen LogP contribution in [0.25, 0.3) is 0 Å². The number of guanidine groups is 1. The van der Waals surface area contributed by atoms with E-state index >= 15 is 0 Å². The zero-order valence-electron chi connectivity index (χ0n) is 18.6. The summed E-state index contributed by atoms with van der Waals surface area (Å²) in [5.74, 6) is 2.35. The highest BCUT2D eigenvalue weighted by Gasteiger charge is 2.31. The molecule has 4 rings (SSSR count). The van der Waals surface area contributed by atoms with Crippen LogP contribution in [0.1, 0.15) is 38.3 Å². The maximum absolute atomic E-state index is 4.61. The molecule has 1 aromatic heterocycles. The lowest BCUT2D eigenvalue weighted by atomic mass is 9.93. The first kappa shape index (κ1) is 20.9. The Morgan fingerprint density at radius 3 is 2.77 bits per heavy atom. The minimum Gasteiger partial charge on any atom is -0.356 e. The number of hydrogen-bond donors (Lipinski definition) is 1. The van der Waals surface area contributed by atoms with Gasteiger partial charge < -0.3 is 14.8 Å². The van der Waals surface area contributed by atoms with Crippen molar-refractivity contribution in [2.24, 2.45) is 16.8 Å². The molecule has 2 fully saturated rings. The first-order valence-corrected chi connectivity index (χ1v) is 11.3. The van der Waals surface area contributed by atoms with E-state index in [2.05, 4.69) is 80.0 Å². The number of rotatable bonds is 5. The predicted octanol–water partition coefficient (Wildman–Crippen LogP) is 3.25. The molecule has 0 radical (unpaired) electrons. The van der Waals surface area contributed by atoms with Gasteiger partial charge in [0.15, 0.2) is 5.96 Å². The SMILES string of the molecule is CN=C(NCC1CC(C)N(Cc2ccccc2)C1)N1CCC(C)C(n2ccnc2)C1. The van der Waals surface area contributed by atoms with Gasteiger partial charge in [-0.2, -0.15) is 0 Å². The van der Waals surface area contributed by atoms with E-state index < -0.39 is 0 Å². The molecule has 2 aromatic rings. The van der Waals surface area contributed by atoms with Crippen LogP contribution in [0.2, 0.25) is 0 Å². The van der Waals surface area contributed by atoms with Crippen LogP contribution >= 0.6 is 0 Å². The highest BCUT2D eigenvalue weighted by Crippen LogP contribution is 2.28. The van der Waals surface area contributed by atoms with E-state index in [1.165, 1.54) is 18.4 Å². The normalized spacial score (nSPS) is 28.1. The van der Waals surface area contributed by atoms with Crippen molar-refractivity contribution in [2.45, 2.75) is 45.3 Å². The van der Waals surface area contributed by atoms with E-state index in [-0.39, 0.29) is 0 Å². The number of nitrogens with zero attached hydrogens (tertiary/aromatic N) is 5. The van der Waals surface area contributed by atoms with E-state index in [1.807, 2.05) is 19.6 Å². The number of aliphatic imine (C=N–C) groups is 1. The fourth-order valence-electron chi connectivity index (χ4n) is 5.07. The molecular weight excluding hydrogens is 372 g/mol. The topological polar surface area (TPSA) is 48.7 Å². The number of aromatic nitrogens is 2. The van der Waals surface area contributed by atoms with Gasteiger partial charge in [-0.3, -0.25) is 9.89 Å². The van der Waals surface area contributed by atoms with Crippen molar-refractivity contribution in [1.82, 2.24) is 24.7 Å². The molecule has 0 saturated carbocycles. The summed E-state index contributed by atoms with van der Waals surface area (Å²) in [4.78, 5) is 13.9. The van der Waals surface area contributed by atoms with Crippen molar-refractivity contribution >= 4 is 5.96 Å². The highest BCUT2D eigenvalue weighted by molar-refractivity contribution is 5.80. The summed E-state index contributed by atoms with van der Waals surface area (Å²) < 4.78 is 2.25. The molecule has 1 N–H and O–H groups in total. The number of imidazole rings is 1. The van der Waals surface area contributed by atoms with Gasteiger partial charge in [-0.05, 0) is 37.2 Å². The zero-order chi connectivity index (χ0) is 20.9. The van der Waals surface area contributed by atoms with Crippen molar-refractivity contribution in [2.75, 3.05) is 33.2 Å². The van der Waals surface area contributed by atoms with Gasteiger partial charge >= 0.3 is 0 Å². The Bertz CT molecular complexity index is 802. The van der Waals surface area contributed by atoms with Gasteiger partial charge in [0.1, 0.15) is 0 Å². The molecule has 0 amide bonds. The predicted molar refractivity (Wildman–Crippen MR) is 122 cm³/mol. The third-order valence-electron chi connectivity index (χ3n) is 6.91. The monoisotopic (exact) mass is 408 g/mol. The molecular formula is C24H36N6. The largest absolute Gasteiger partial charge is 0.356 e. The van der Waals surface area contributed by atoms with Gasteiger partial charge in [0.2, 0.25) is 0 Å². The Hall–Kier alpha value is -2.34. The number of piperidine rings is 1. The van der Waals surface area contributed by atoms with E-state index in [9.17, 15) is 0 Å². The zero-order valence-corrected chi connectivity index (χ0v) is 18.6. The van der Waals surface area contributed by atoms with Gasteiger partial charge in [0.05, 0.1) is 12.4 Å². The molecule has 1 aromatic carbocycles. The molecule has 4 atom stereocenters. The second kappa shape index (κ2) is 9.65. The second-order valence-electron chi connectivity index (χ2n) is 9.08. The molecule has 6 nitrogen and oxygen atoms in total. The van der Waals surface area contributed by atoms with Crippen molar-refractivity contribution < 1.29 is 0 Å². The van der Waals surface area contributed by atoms with Crippen LogP contribution in [0, 0.1) is 11.8 Å². The fraction of sp³-hybridized carbons (Fsp3) is 0.583. The first-order chi connectivity index (χ1) is 14.6. The lowest BCUT2D eigenvalue weighted by Crippen LogP contribution is -2.49. The van der Waals surface area contributed by atoms with Crippen LogP contribution in [-0.2, 0) is 6.54 Å². The maximum atomic E-state index is 4.61. The van der Waals surface area contributed by atoms with Gasteiger partial charge in [0, 0.05) is 58.2 Å². The second-order valence-corrected chi connectivity index (χ2v) is 9.08. The lowest BCUT2D eigenvalue weighted by Gasteiger charge is -2.39. The molecule has 162 valence electrons. The quantitative estimate of drug-likeness (QED) is 0.609. The molecule has 2 aliphatic heterocycles. The van der Waals surface area contributed by atoms with E-state index in [0.29, 0.717) is 23.9 Å². The van der Waals surface area contributed by atoms with E-state index in [1.54, 1.807) is 0 Å². The van der Waals surface area contributed by atoms with E-state index in [4.69, 9.17) is 0 Å². The molecule has 2 saturated heterocycles. The molecule has 3 heterocycles. The smallest absolute Gasteiger partial charge is 0.193 e. The summed E-state index contributed by atoms with van der Waals surface area (Å²) in [5, 5.41) is 3.69. The number of hydrogen-bond acceptors (Lipinski definition) is 3. The molecule has 0 bridgehead atoms. The standard InChI is InChI=1S/C24H36N6/c1-19-9-11-28(17-23(19)29-12-10-26-18-29)24(25-3)27-14-22-13-20(2)30(16-22)15-21-7-5-4-6-8-21/h4-8,10,12,18-20,22-23H,9,11,13-17H2,1-3H3,(H,25,27). The van der Waals surface area contributed by atoms with Crippen LogP contribution in [0.5, 0.6) is 0 Å². The van der Waals surface area contributed by atoms with Crippen LogP contribution in [0.15, 0.2) is 54.0 Å². The summed E-state index contributed by atoms with van der Waals surface area (Å²) in [7, 11) is 1.91. The number of nitrogens with one attached hydrogen (secondary N) is 1. The van der Waals surface area contributed by atoms with E-state index in [0.717, 1.165) is 38.7 Å². The number of benzene rings is 1. The van der Waals surface area contributed by atoms with Crippen LogP contribution < -0.4 is 5.32 Å². The summed E-state index contributed by atoms with van der Waals surface area (Å²) in [6, 6.07) is 11.9. The molecule has 0 spiro atoms. The third kappa shape index (κ3) is 4.86. The Balaban J connectivity index is 1.30. The summed E-state index contributed by atoms with van der Waals surface area (Å²) in [6.07, 6.45) is 8.33. The molecule has 0 aliphatic carbocycles. The Morgan fingerprint density at radius 1 is 1.20 bits per heavy atom. The van der Waals surface area contributed by atoms with Crippen LogP contribution in [0.4, 0.5) is 0 Å². The highest BCUT2D eigenvalue weighted by atomic mass is 15.3. The van der Waals surface area contributed by atoms with Gasteiger partial charge in [-0.1, -0.05) is 37.3 Å². The summed E-state index contributed by atoms with van der Waals surface area (Å²) in [6.45, 7) is 9.94. The molecule has 4 unspecified atom stereocenters. The van der Waals surface area contributed by atoms with Gasteiger partial charge in [0.25, 0.3) is 0 Å². The minimum absolute atomic E-state index is 0.452. The minimum atomic E-state index is 0.452.